The van der Waals surface area contributed by atoms with Gasteiger partial charge in [-0.2, -0.15) is 5.26 Å². The third-order valence-electron chi connectivity index (χ3n) is 2.75. The molecular weight excluding hydrogens is 270 g/mol. The van der Waals surface area contributed by atoms with Gasteiger partial charge in [0, 0.05) is 17.8 Å². The molecule has 6 heteroatoms. The highest BCUT2D eigenvalue weighted by atomic mass is 16.5. The summed E-state index contributed by atoms with van der Waals surface area (Å²) >= 11 is 0. The van der Waals surface area contributed by atoms with Gasteiger partial charge >= 0.3 is 0 Å². The molecule has 1 heterocycles. The maximum Gasteiger partial charge on any atom is 0.257 e. The average molecular weight is 283 g/mol. The molecule has 2 rings (SSSR count). The zero-order valence-electron chi connectivity index (χ0n) is 11.6. The minimum atomic E-state index is -0.343. The molecule has 1 N–H and O–H groups in total. The molecule has 21 heavy (non-hydrogen) atoms. The van der Waals surface area contributed by atoms with E-state index >= 15 is 0 Å². The molecule has 0 saturated carbocycles. The Morgan fingerprint density at radius 1 is 1.19 bits per heavy atom. The van der Waals surface area contributed by atoms with Crippen LogP contribution in [0, 0.1) is 11.3 Å². The summed E-state index contributed by atoms with van der Waals surface area (Å²) in [6, 6.07) is 9.98. The van der Waals surface area contributed by atoms with Crippen LogP contribution in [0.1, 0.15) is 15.9 Å². The number of amides is 1. The molecule has 0 aliphatic rings. The number of hydrogen-bond acceptors (Lipinski definition) is 5. The van der Waals surface area contributed by atoms with Gasteiger partial charge in [-0.15, -0.1) is 0 Å². The summed E-state index contributed by atoms with van der Waals surface area (Å²) in [5, 5.41) is 11.3. The van der Waals surface area contributed by atoms with Crippen molar-refractivity contribution in [2.45, 2.75) is 0 Å². The van der Waals surface area contributed by atoms with Crippen LogP contribution in [0.4, 0.5) is 5.82 Å². The Morgan fingerprint density at radius 2 is 1.86 bits per heavy atom. The average Bonchev–Trinajstić information content (AvgIpc) is 2.54. The number of ether oxygens (including phenoxy) is 2. The maximum atomic E-state index is 12.2. The predicted molar refractivity (Wildman–Crippen MR) is 76.5 cm³/mol. The standard InChI is InChI=1S/C15H13N3O3/c1-20-12-5-11(6-13(7-12)21-2)15(19)18-14-4-3-10(8-16)9-17-14/h3-7,9H,1-2H3,(H,17,18,19). The van der Waals surface area contributed by atoms with Crippen LogP contribution in [-0.2, 0) is 0 Å². The number of nitrogens with one attached hydrogen (secondary N) is 1. The smallest absolute Gasteiger partial charge is 0.257 e. The minimum Gasteiger partial charge on any atom is -0.497 e. The van der Waals surface area contributed by atoms with Gasteiger partial charge in [-0.25, -0.2) is 4.98 Å². The molecule has 0 atom stereocenters. The molecule has 106 valence electrons. The van der Waals surface area contributed by atoms with Crippen LogP contribution in [-0.4, -0.2) is 25.1 Å². The maximum absolute atomic E-state index is 12.2. The van der Waals surface area contributed by atoms with Gasteiger partial charge in [-0.3, -0.25) is 4.79 Å². The topological polar surface area (TPSA) is 84.2 Å². The summed E-state index contributed by atoms with van der Waals surface area (Å²) < 4.78 is 10.2. The van der Waals surface area contributed by atoms with E-state index in [1.807, 2.05) is 6.07 Å². The van der Waals surface area contributed by atoms with Crippen molar-refractivity contribution in [3.63, 3.8) is 0 Å². The van der Waals surface area contributed by atoms with E-state index in [4.69, 9.17) is 14.7 Å². The molecule has 0 aliphatic heterocycles. The number of anilines is 1. The summed E-state index contributed by atoms with van der Waals surface area (Å²) in [5.41, 5.74) is 0.813. The number of nitrogens with zero attached hydrogens (tertiary/aromatic N) is 2. The number of aromatic nitrogens is 1. The van der Waals surface area contributed by atoms with E-state index in [9.17, 15) is 4.79 Å². The van der Waals surface area contributed by atoms with Crippen molar-refractivity contribution in [1.29, 1.82) is 5.26 Å². The number of carbonyl (C=O) groups is 1. The van der Waals surface area contributed by atoms with E-state index in [0.717, 1.165) is 0 Å². The summed E-state index contributed by atoms with van der Waals surface area (Å²) in [4.78, 5) is 16.2. The van der Waals surface area contributed by atoms with E-state index < -0.39 is 0 Å². The fourth-order valence-electron chi connectivity index (χ4n) is 1.66. The highest BCUT2D eigenvalue weighted by molar-refractivity contribution is 6.04. The Bertz CT molecular complexity index is 668. The summed E-state index contributed by atoms with van der Waals surface area (Å²) in [6.45, 7) is 0. The Hall–Kier alpha value is -3.07. The summed E-state index contributed by atoms with van der Waals surface area (Å²) in [5.74, 6) is 1.06. The molecule has 6 nitrogen and oxygen atoms in total. The van der Waals surface area contributed by atoms with Gasteiger partial charge in [0.05, 0.1) is 19.8 Å². The molecule has 0 aliphatic carbocycles. The number of hydrogen-bond donors (Lipinski definition) is 1. The lowest BCUT2D eigenvalue weighted by Crippen LogP contribution is -2.13. The molecule has 0 bridgehead atoms. The largest absolute Gasteiger partial charge is 0.497 e. The van der Waals surface area contributed by atoms with E-state index in [0.29, 0.717) is 28.4 Å². The second-order valence-corrected chi connectivity index (χ2v) is 4.10. The SMILES string of the molecule is COc1cc(OC)cc(C(=O)Nc2ccc(C#N)cn2)c1. The van der Waals surface area contributed by atoms with Crippen LogP contribution in [0.3, 0.4) is 0 Å². The van der Waals surface area contributed by atoms with Crippen LogP contribution < -0.4 is 14.8 Å². The minimum absolute atomic E-state index is 0.343. The monoisotopic (exact) mass is 283 g/mol. The second-order valence-electron chi connectivity index (χ2n) is 4.10. The first kappa shape index (κ1) is 14.3. The fraction of sp³-hybridized carbons (Fsp3) is 0.133. The Kier molecular flexibility index (Phi) is 4.36. The normalized spacial score (nSPS) is 9.57. The van der Waals surface area contributed by atoms with E-state index in [1.165, 1.54) is 20.4 Å². The molecule has 0 unspecified atom stereocenters. The van der Waals surface area contributed by atoms with E-state index in [2.05, 4.69) is 10.3 Å². The van der Waals surface area contributed by atoms with Gasteiger partial charge in [0.25, 0.3) is 5.91 Å². The molecular formula is C15H13N3O3. The zero-order valence-corrected chi connectivity index (χ0v) is 11.6. The molecule has 0 spiro atoms. The van der Waals surface area contributed by atoms with Crippen molar-refractivity contribution >= 4 is 11.7 Å². The highest BCUT2D eigenvalue weighted by Crippen LogP contribution is 2.23. The molecule has 0 radical (unpaired) electrons. The van der Waals surface area contributed by atoms with Gasteiger partial charge < -0.3 is 14.8 Å². The molecule has 1 aromatic heterocycles. The Labute approximate surface area is 121 Å². The lowest BCUT2D eigenvalue weighted by atomic mass is 10.2. The quantitative estimate of drug-likeness (QED) is 0.930. The Morgan fingerprint density at radius 3 is 2.33 bits per heavy atom. The second kappa shape index (κ2) is 6.39. The number of nitriles is 1. The van der Waals surface area contributed by atoms with Crippen LogP contribution in [0.25, 0.3) is 0 Å². The predicted octanol–water partition coefficient (Wildman–Crippen LogP) is 2.22. The Balaban J connectivity index is 2.21. The van der Waals surface area contributed by atoms with Crippen LogP contribution in [0.2, 0.25) is 0 Å². The van der Waals surface area contributed by atoms with Crippen LogP contribution in [0.5, 0.6) is 11.5 Å². The third kappa shape index (κ3) is 3.48. The molecule has 0 fully saturated rings. The van der Waals surface area contributed by atoms with E-state index in [1.54, 1.807) is 30.3 Å². The van der Waals surface area contributed by atoms with Crippen molar-refractivity contribution in [1.82, 2.24) is 4.98 Å². The van der Waals surface area contributed by atoms with Gasteiger partial charge in [-0.1, -0.05) is 0 Å². The first-order valence-electron chi connectivity index (χ1n) is 6.07. The first-order chi connectivity index (χ1) is 10.2. The summed E-state index contributed by atoms with van der Waals surface area (Å²) in [6.07, 6.45) is 1.39. The van der Waals surface area contributed by atoms with Crippen molar-refractivity contribution in [2.24, 2.45) is 0 Å². The van der Waals surface area contributed by atoms with Gasteiger partial charge in [0.1, 0.15) is 23.4 Å². The van der Waals surface area contributed by atoms with Gasteiger partial charge in [0.2, 0.25) is 0 Å². The van der Waals surface area contributed by atoms with Crippen LogP contribution in [0.15, 0.2) is 36.5 Å². The number of carbonyl (C=O) groups excluding carboxylic acids is 1. The van der Waals surface area contributed by atoms with Gasteiger partial charge in [-0.05, 0) is 24.3 Å². The number of methoxy groups -OCH3 is 2. The lowest BCUT2D eigenvalue weighted by molar-refractivity contribution is 0.102. The van der Waals surface area contributed by atoms with Crippen molar-refractivity contribution in [3.05, 3.63) is 47.7 Å². The lowest BCUT2D eigenvalue weighted by Gasteiger charge is -2.08. The van der Waals surface area contributed by atoms with Crippen LogP contribution >= 0.6 is 0 Å². The molecule has 1 amide bonds. The zero-order chi connectivity index (χ0) is 15.2. The number of rotatable bonds is 4. The number of pyridine rings is 1. The third-order valence-corrected chi connectivity index (χ3v) is 2.75. The van der Waals surface area contributed by atoms with E-state index in [-0.39, 0.29) is 5.91 Å². The first-order valence-corrected chi connectivity index (χ1v) is 6.07. The fourth-order valence-corrected chi connectivity index (χ4v) is 1.66. The van der Waals surface area contributed by atoms with Crippen molar-refractivity contribution < 1.29 is 14.3 Å². The summed E-state index contributed by atoms with van der Waals surface area (Å²) in [7, 11) is 3.03. The number of benzene rings is 1. The molecule has 2 aromatic rings. The van der Waals surface area contributed by atoms with Crippen molar-refractivity contribution in [3.8, 4) is 17.6 Å². The van der Waals surface area contributed by atoms with Gasteiger partial charge in [0.15, 0.2) is 0 Å². The highest BCUT2D eigenvalue weighted by Gasteiger charge is 2.10. The molecule has 0 saturated heterocycles. The molecule has 1 aromatic carbocycles. The van der Waals surface area contributed by atoms with Crippen molar-refractivity contribution in [2.75, 3.05) is 19.5 Å².